The molecule has 0 radical (unpaired) electrons. The highest BCUT2D eigenvalue weighted by Crippen LogP contribution is 2.18. The van der Waals surface area contributed by atoms with Crippen LogP contribution < -0.4 is 5.32 Å². The summed E-state index contributed by atoms with van der Waals surface area (Å²) >= 11 is 0. The zero-order chi connectivity index (χ0) is 11.5. The fraction of sp³-hybridized carbons (Fsp3) is 0.333. The standard InChI is InChI=1S/C12H16N2O/c1-5-9-7-6-8-13-10(9)14-11(15)12(2,3)4/h5-8H,1H2,2-4H3,(H,13,14,15). The number of hydrogen-bond donors (Lipinski definition) is 1. The number of pyridine rings is 1. The van der Waals surface area contributed by atoms with Crippen LogP contribution in [0.3, 0.4) is 0 Å². The largest absolute Gasteiger partial charge is 0.310 e. The Balaban J connectivity index is 2.90. The van der Waals surface area contributed by atoms with Gasteiger partial charge in [0.1, 0.15) is 5.82 Å². The highest BCUT2D eigenvalue weighted by molar-refractivity contribution is 5.95. The molecule has 0 unspecified atom stereocenters. The molecule has 0 aliphatic heterocycles. The van der Waals surface area contributed by atoms with Gasteiger partial charge in [-0.1, -0.05) is 33.4 Å². The topological polar surface area (TPSA) is 42.0 Å². The first kappa shape index (κ1) is 11.4. The van der Waals surface area contributed by atoms with Crippen LogP contribution in [0, 0.1) is 5.41 Å². The highest BCUT2D eigenvalue weighted by atomic mass is 16.2. The lowest BCUT2D eigenvalue weighted by atomic mass is 9.95. The van der Waals surface area contributed by atoms with Crippen molar-refractivity contribution in [2.75, 3.05) is 5.32 Å². The van der Waals surface area contributed by atoms with E-state index in [1.807, 2.05) is 32.9 Å². The molecule has 80 valence electrons. The minimum Gasteiger partial charge on any atom is -0.310 e. The minimum atomic E-state index is -0.421. The number of aromatic nitrogens is 1. The molecule has 1 heterocycles. The molecule has 0 fully saturated rings. The molecule has 0 spiro atoms. The van der Waals surface area contributed by atoms with Crippen LogP contribution in [0.25, 0.3) is 6.08 Å². The van der Waals surface area contributed by atoms with Crippen LogP contribution in [0.4, 0.5) is 5.82 Å². The lowest BCUT2D eigenvalue weighted by molar-refractivity contribution is -0.123. The Morgan fingerprint density at radius 3 is 2.73 bits per heavy atom. The van der Waals surface area contributed by atoms with Crippen molar-refractivity contribution in [2.24, 2.45) is 5.41 Å². The summed E-state index contributed by atoms with van der Waals surface area (Å²) in [6, 6.07) is 3.67. The maximum Gasteiger partial charge on any atom is 0.230 e. The summed E-state index contributed by atoms with van der Waals surface area (Å²) in [6.07, 6.45) is 3.32. The zero-order valence-electron chi connectivity index (χ0n) is 9.37. The van der Waals surface area contributed by atoms with Crippen LogP contribution >= 0.6 is 0 Å². The second-order valence-electron chi connectivity index (χ2n) is 4.35. The van der Waals surface area contributed by atoms with Gasteiger partial charge in [0, 0.05) is 17.2 Å². The zero-order valence-corrected chi connectivity index (χ0v) is 9.37. The summed E-state index contributed by atoms with van der Waals surface area (Å²) in [6.45, 7) is 9.25. The van der Waals surface area contributed by atoms with Crippen LogP contribution in [-0.2, 0) is 4.79 Å². The van der Waals surface area contributed by atoms with E-state index in [9.17, 15) is 4.79 Å². The first-order valence-corrected chi connectivity index (χ1v) is 4.84. The molecular formula is C12H16N2O. The molecule has 1 aromatic rings. The van der Waals surface area contributed by atoms with Crippen LogP contribution in [-0.4, -0.2) is 10.9 Å². The molecule has 3 nitrogen and oxygen atoms in total. The van der Waals surface area contributed by atoms with E-state index in [4.69, 9.17) is 0 Å². The normalized spacial score (nSPS) is 10.9. The van der Waals surface area contributed by atoms with E-state index in [-0.39, 0.29) is 5.91 Å². The average Bonchev–Trinajstić information content (AvgIpc) is 2.17. The van der Waals surface area contributed by atoms with Gasteiger partial charge < -0.3 is 5.32 Å². The second-order valence-corrected chi connectivity index (χ2v) is 4.35. The van der Waals surface area contributed by atoms with Gasteiger partial charge >= 0.3 is 0 Å². The Hall–Kier alpha value is -1.64. The van der Waals surface area contributed by atoms with Crippen molar-refractivity contribution in [2.45, 2.75) is 20.8 Å². The first-order valence-electron chi connectivity index (χ1n) is 4.84. The van der Waals surface area contributed by atoms with Gasteiger partial charge in [-0.15, -0.1) is 0 Å². The number of carbonyl (C=O) groups excluding carboxylic acids is 1. The Labute approximate surface area is 90.2 Å². The van der Waals surface area contributed by atoms with Gasteiger partial charge in [-0.25, -0.2) is 4.98 Å². The molecule has 0 aliphatic rings. The van der Waals surface area contributed by atoms with Crippen molar-refractivity contribution < 1.29 is 4.79 Å². The lowest BCUT2D eigenvalue weighted by Gasteiger charge is -2.17. The van der Waals surface area contributed by atoms with E-state index in [1.165, 1.54) is 0 Å². The van der Waals surface area contributed by atoms with Crippen molar-refractivity contribution in [3.63, 3.8) is 0 Å². The molecule has 0 aromatic carbocycles. The van der Waals surface area contributed by atoms with Gasteiger partial charge in [-0.3, -0.25) is 4.79 Å². The Morgan fingerprint density at radius 2 is 2.20 bits per heavy atom. The molecule has 1 amide bonds. The number of carbonyl (C=O) groups is 1. The first-order chi connectivity index (χ1) is 6.95. The molecular weight excluding hydrogens is 188 g/mol. The van der Waals surface area contributed by atoms with E-state index in [1.54, 1.807) is 12.3 Å². The van der Waals surface area contributed by atoms with Gasteiger partial charge in [0.15, 0.2) is 0 Å². The second kappa shape index (κ2) is 4.26. The summed E-state index contributed by atoms with van der Waals surface area (Å²) in [5, 5.41) is 2.78. The van der Waals surface area contributed by atoms with Crippen molar-refractivity contribution in [1.29, 1.82) is 0 Å². The monoisotopic (exact) mass is 204 g/mol. The predicted molar refractivity (Wildman–Crippen MR) is 62.4 cm³/mol. The molecule has 0 saturated carbocycles. The lowest BCUT2D eigenvalue weighted by Crippen LogP contribution is -2.28. The van der Waals surface area contributed by atoms with Crippen LogP contribution in [0.2, 0.25) is 0 Å². The highest BCUT2D eigenvalue weighted by Gasteiger charge is 2.21. The molecule has 3 heteroatoms. The summed E-state index contributed by atoms with van der Waals surface area (Å²) in [5.74, 6) is 0.511. The van der Waals surface area contributed by atoms with Crippen molar-refractivity contribution >= 4 is 17.8 Å². The Morgan fingerprint density at radius 1 is 1.53 bits per heavy atom. The smallest absolute Gasteiger partial charge is 0.230 e. The molecule has 1 aromatic heterocycles. The number of anilines is 1. The third-order valence-corrected chi connectivity index (χ3v) is 1.97. The number of amides is 1. The quantitative estimate of drug-likeness (QED) is 0.804. The van der Waals surface area contributed by atoms with E-state index in [0.717, 1.165) is 5.56 Å². The van der Waals surface area contributed by atoms with Gasteiger partial charge in [-0.2, -0.15) is 0 Å². The summed E-state index contributed by atoms with van der Waals surface area (Å²) in [4.78, 5) is 15.8. The van der Waals surface area contributed by atoms with E-state index in [0.29, 0.717) is 5.82 Å². The van der Waals surface area contributed by atoms with Crippen molar-refractivity contribution in [1.82, 2.24) is 4.98 Å². The maximum absolute atomic E-state index is 11.7. The van der Waals surface area contributed by atoms with Crippen LogP contribution in [0.1, 0.15) is 26.3 Å². The SMILES string of the molecule is C=Cc1cccnc1NC(=O)C(C)(C)C. The van der Waals surface area contributed by atoms with Gasteiger partial charge in [0.2, 0.25) is 5.91 Å². The Bertz CT molecular complexity index is 377. The molecule has 0 bridgehead atoms. The van der Waals surface area contributed by atoms with Gasteiger partial charge in [0.05, 0.1) is 0 Å². The fourth-order valence-corrected chi connectivity index (χ4v) is 0.982. The Kier molecular flexibility index (Phi) is 3.24. The summed E-state index contributed by atoms with van der Waals surface area (Å²) in [7, 11) is 0. The van der Waals surface area contributed by atoms with Crippen molar-refractivity contribution in [3.8, 4) is 0 Å². The molecule has 0 aliphatic carbocycles. The van der Waals surface area contributed by atoms with Gasteiger partial charge in [-0.05, 0) is 12.1 Å². The number of nitrogens with zero attached hydrogens (tertiary/aromatic N) is 1. The number of hydrogen-bond acceptors (Lipinski definition) is 2. The fourth-order valence-electron chi connectivity index (χ4n) is 0.982. The van der Waals surface area contributed by atoms with Crippen LogP contribution in [0.5, 0.6) is 0 Å². The molecule has 0 atom stereocenters. The molecule has 15 heavy (non-hydrogen) atoms. The van der Waals surface area contributed by atoms with E-state index >= 15 is 0 Å². The average molecular weight is 204 g/mol. The molecule has 0 saturated heterocycles. The van der Waals surface area contributed by atoms with E-state index in [2.05, 4.69) is 16.9 Å². The molecule has 1 rings (SSSR count). The van der Waals surface area contributed by atoms with Crippen molar-refractivity contribution in [3.05, 3.63) is 30.5 Å². The van der Waals surface area contributed by atoms with Gasteiger partial charge in [0.25, 0.3) is 0 Å². The van der Waals surface area contributed by atoms with Crippen LogP contribution in [0.15, 0.2) is 24.9 Å². The number of nitrogens with one attached hydrogen (secondary N) is 1. The van der Waals surface area contributed by atoms with E-state index < -0.39 is 5.41 Å². The third-order valence-electron chi connectivity index (χ3n) is 1.97. The summed E-state index contributed by atoms with van der Waals surface area (Å²) < 4.78 is 0. The summed E-state index contributed by atoms with van der Waals surface area (Å²) in [5.41, 5.74) is 0.408. The number of rotatable bonds is 2. The third kappa shape index (κ3) is 2.91. The maximum atomic E-state index is 11.7. The minimum absolute atomic E-state index is 0.0516. The molecule has 1 N–H and O–H groups in total. The predicted octanol–water partition coefficient (Wildman–Crippen LogP) is 2.71.